The molecule has 3 rings (SSSR count). The van der Waals surface area contributed by atoms with Crippen LogP contribution in [0.1, 0.15) is 15.9 Å². The number of hydrogen-bond acceptors (Lipinski definition) is 4. The monoisotopic (exact) mass is 401 g/mol. The van der Waals surface area contributed by atoms with E-state index >= 15 is 0 Å². The maximum Gasteiger partial charge on any atom is 0.416 e. The van der Waals surface area contributed by atoms with Gasteiger partial charge in [0, 0.05) is 10.6 Å². The number of aromatic nitrogens is 2. The molecule has 0 aliphatic heterocycles. The summed E-state index contributed by atoms with van der Waals surface area (Å²) in [5, 5.41) is 10.2. The Kier molecular flexibility index (Phi) is 4.88. The number of benzene rings is 2. The zero-order valence-electron chi connectivity index (χ0n) is 12.6. The summed E-state index contributed by atoms with van der Waals surface area (Å²) in [6, 6.07) is 8.28. The van der Waals surface area contributed by atoms with Crippen molar-refractivity contribution in [2.24, 2.45) is 0 Å². The normalized spacial score (nSPS) is 11.4. The van der Waals surface area contributed by atoms with Gasteiger partial charge in [0.25, 0.3) is 5.91 Å². The van der Waals surface area contributed by atoms with Crippen molar-refractivity contribution in [3.63, 3.8) is 0 Å². The minimum absolute atomic E-state index is 0.0498. The highest BCUT2D eigenvalue weighted by molar-refractivity contribution is 6.36. The molecule has 134 valence electrons. The van der Waals surface area contributed by atoms with Gasteiger partial charge in [-0.3, -0.25) is 10.1 Å². The SMILES string of the molecule is O=C(Nc1nnc(-c2ccc(C(F)(F)F)cc2)o1)c1cc(Cl)ccc1Cl. The van der Waals surface area contributed by atoms with E-state index in [1.54, 1.807) is 0 Å². The number of carbonyl (C=O) groups excluding carboxylic acids is 1. The Labute approximate surface area is 154 Å². The molecule has 0 bridgehead atoms. The number of anilines is 1. The summed E-state index contributed by atoms with van der Waals surface area (Å²) in [6.45, 7) is 0. The first-order valence-corrected chi connectivity index (χ1v) is 7.77. The molecule has 1 heterocycles. The van der Waals surface area contributed by atoms with Crippen LogP contribution in [0.2, 0.25) is 10.0 Å². The van der Waals surface area contributed by atoms with Gasteiger partial charge in [-0.15, -0.1) is 5.10 Å². The van der Waals surface area contributed by atoms with Crippen LogP contribution >= 0.6 is 23.2 Å². The molecule has 26 heavy (non-hydrogen) atoms. The number of alkyl halides is 3. The minimum Gasteiger partial charge on any atom is -0.403 e. The average molecular weight is 402 g/mol. The fraction of sp³-hybridized carbons (Fsp3) is 0.0625. The van der Waals surface area contributed by atoms with Crippen molar-refractivity contribution in [1.82, 2.24) is 10.2 Å². The molecule has 1 amide bonds. The van der Waals surface area contributed by atoms with E-state index in [1.165, 1.54) is 30.3 Å². The Bertz CT molecular complexity index is 956. The lowest BCUT2D eigenvalue weighted by Gasteiger charge is -2.06. The molecule has 0 aliphatic rings. The maximum atomic E-state index is 12.6. The highest BCUT2D eigenvalue weighted by atomic mass is 35.5. The van der Waals surface area contributed by atoms with E-state index in [2.05, 4.69) is 15.5 Å². The van der Waals surface area contributed by atoms with Crippen LogP contribution in [0.15, 0.2) is 46.9 Å². The third kappa shape index (κ3) is 3.97. The van der Waals surface area contributed by atoms with Gasteiger partial charge in [-0.2, -0.15) is 13.2 Å². The lowest BCUT2D eigenvalue weighted by Crippen LogP contribution is -2.12. The van der Waals surface area contributed by atoms with Crippen LogP contribution in [-0.2, 0) is 6.18 Å². The largest absolute Gasteiger partial charge is 0.416 e. The lowest BCUT2D eigenvalue weighted by molar-refractivity contribution is -0.137. The fourth-order valence-corrected chi connectivity index (χ4v) is 2.40. The van der Waals surface area contributed by atoms with Crippen molar-refractivity contribution in [2.45, 2.75) is 6.18 Å². The highest BCUT2D eigenvalue weighted by Gasteiger charge is 2.30. The number of rotatable bonds is 3. The van der Waals surface area contributed by atoms with Gasteiger partial charge in [-0.05, 0) is 42.5 Å². The van der Waals surface area contributed by atoms with Crippen LogP contribution in [0.25, 0.3) is 11.5 Å². The highest BCUT2D eigenvalue weighted by Crippen LogP contribution is 2.31. The summed E-state index contributed by atoms with van der Waals surface area (Å²) in [4.78, 5) is 12.2. The van der Waals surface area contributed by atoms with E-state index in [0.29, 0.717) is 5.02 Å². The van der Waals surface area contributed by atoms with Gasteiger partial charge >= 0.3 is 12.2 Å². The van der Waals surface area contributed by atoms with E-state index in [0.717, 1.165) is 12.1 Å². The average Bonchev–Trinajstić information content (AvgIpc) is 3.05. The summed E-state index contributed by atoms with van der Waals surface area (Å²) < 4.78 is 43.0. The van der Waals surface area contributed by atoms with Crippen molar-refractivity contribution < 1.29 is 22.4 Å². The summed E-state index contributed by atoms with van der Waals surface area (Å²) in [7, 11) is 0. The number of halogens is 5. The first-order valence-electron chi connectivity index (χ1n) is 7.01. The summed E-state index contributed by atoms with van der Waals surface area (Å²) in [5.41, 5.74) is -0.426. The van der Waals surface area contributed by atoms with Crippen LogP contribution in [-0.4, -0.2) is 16.1 Å². The van der Waals surface area contributed by atoms with Crippen molar-refractivity contribution in [3.05, 3.63) is 63.6 Å². The van der Waals surface area contributed by atoms with Gasteiger partial charge in [0.05, 0.1) is 16.1 Å². The Morgan fingerprint density at radius 1 is 1.04 bits per heavy atom. The predicted molar refractivity (Wildman–Crippen MR) is 89.2 cm³/mol. The fourth-order valence-electron chi connectivity index (χ4n) is 2.03. The molecular formula is C16H8Cl2F3N3O2. The number of amides is 1. The smallest absolute Gasteiger partial charge is 0.403 e. The Morgan fingerprint density at radius 3 is 2.38 bits per heavy atom. The van der Waals surface area contributed by atoms with E-state index < -0.39 is 17.6 Å². The maximum absolute atomic E-state index is 12.6. The molecule has 0 aliphatic carbocycles. The molecule has 2 aromatic carbocycles. The van der Waals surface area contributed by atoms with Crippen LogP contribution in [0.4, 0.5) is 19.2 Å². The second-order valence-electron chi connectivity index (χ2n) is 5.07. The molecule has 0 fully saturated rings. The van der Waals surface area contributed by atoms with Crippen LogP contribution in [0.3, 0.4) is 0 Å². The Balaban J connectivity index is 1.78. The summed E-state index contributed by atoms with van der Waals surface area (Å²) in [5.74, 6) is -0.675. The van der Waals surface area contributed by atoms with Gasteiger partial charge in [0.15, 0.2) is 0 Å². The molecule has 0 radical (unpaired) electrons. The standard InChI is InChI=1S/C16H8Cl2F3N3O2/c17-10-5-6-12(18)11(7-10)13(25)22-15-24-23-14(26-15)8-1-3-9(4-2-8)16(19,20)21/h1-7H,(H,22,24,25). The summed E-state index contributed by atoms with van der Waals surface area (Å²) >= 11 is 11.8. The quantitative estimate of drug-likeness (QED) is 0.645. The number of hydrogen-bond donors (Lipinski definition) is 1. The number of nitrogens with zero attached hydrogens (tertiary/aromatic N) is 2. The van der Waals surface area contributed by atoms with Gasteiger partial charge in [-0.1, -0.05) is 28.3 Å². The molecular weight excluding hydrogens is 394 g/mol. The zero-order valence-corrected chi connectivity index (χ0v) is 14.2. The minimum atomic E-state index is -4.44. The van der Waals surface area contributed by atoms with Gasteiger partial charge in [0.1, 0.15) is 0 Å². The molecule has 0 saturated heterocycles. The summed E-state index contributed by atoms with van der Waals surface area (Å²) in [6.07, 6.45) is -4.44. The zero-order chi connectivity index (χ0) is 18.9. The molecule has 5 nitrogen and oxygen atoms in total. The van der Waals surface area contributed by atoms with Crippen LogP contribution < -0.4 is 5.32 Å². The first-order chi connectivity index (χ1) is 12.2. The molecule has 1 aromatic heterocycles. The van der Waals surface area contributed by atoms with E-state index in [9.17, 15) is 18.0 Å². The molecule has 1 N–H and O–H groups in total. The lowest BCUT2D eigenvalue weighted by atomic mass is 10.1. The second kappa shape index (κ2) is 6.97. The molecule has 0 unspecified atom stereocenters. The Morgan fingerprint density at radius 2 is 1.73 bits per heavy atom. The van der Waals surface area contributed by atoms with Gasteiger partial charge in [-0.25, -0.2) is 0 Å². The number of carbonyl (C=O) groups is 1. The second-order valence-corrected chi connectivity index (χ2v) is 5.91. The topological polar surface area (TPSA) is 68.0 Å². The molecule has 10 heteroatoms. The van der Waals surface area contributed by atoms with Crippen molar-refractivity contribution in [3.8, 4) is 11.5 Å². The van der Waals surface area contributed by atoms with Crippen molar-refractivity contribution in [2.75, 3.05) is 5.32 Å². The van der Waals surface area contributed by atoms with Crippen molar-refractivity contribution in [1.29, 1.82) is 0 Å². The van der Waals surface area contributed by atoms with E-state index in [-0.39, 0.29) is 28.1 Å². The molecule has 0 saturated carbocycles. The third-order valence-corrected chi connectivity index (χ3v) is 3.84. The molecule has 3 aromatic rings. The molecule has 0 spiro atoms. The third-order valence-electron chi connectivity index (χ3n) is 3.28. The predicted octanol–water partition coefficient (Wildman–Crippen LogP) is 5.31. The van der Waals surface area contributed by atoms with Gasteiger partial charge < -0.3 is 4.42 Å². The van der Waals surface area contributed by atoms with E-state index in [1.807, 2.05) is 0 Å². The van der Waals surface area contributed by atoms with Crippen molar-refractivity contribution >= 4 is 35.1 Å². The van der Waals surface area contributed by atoms with Crippen LogP contribution in [0.5, 0.6) is 0 Å². The Hall–Kier alpha value is -2.58. The molecule has 0 atom stereocenters. The van der Waals surface area contributed by atoms with Crippen LogP contribution in [0, 0.1) is 0 Å². The van der Waals surface area contributed by atoms with Gasteiger partial charge in [0.2, 0.25) is 5.89 Å². The number of nitrogens with one attached hydrogen (secondary N) is 1. The first kappa shape index (κ1) is 18.2. The van der Waals surface area contributed by atoms with E-state index in [4.69, 9.17) is 27.6 Å².